The van der Waals surface area contributed by atoms with Gasteiger partial charge >= 0.3 is 0 Å². The number of H-pyrrole nitrogens is 1. The Balaban J connectivity index is 1.84. The van der Waals surface area contributed by atoms with Gasteiger partial charge < -0.3 is 4.98 Å². The van der Waals surface area contributed by atoms with Crippen molar-refractivity contribution in [2.24, 2.45) is 5.92 Å². The molecule has 1 heterocycles. The third kappa shape index (κ3) is 2.07. The summed E-state index contributed by atoms with van der Waals surface area (Å²) >= 11 is 6.41. The zero-order valence-corrected chi connectivity index (χ0v) is 14.9. The molecule has 3 nitrogen and oxygen atoms in total. The van der Waals surface area contributed by atoms with E-state index in [0.717, 1.165) is 38.9 Å². The zero-order valence-electron chi connectivity index (χ0n) is 14.2. The van der Waals surface area contributed by atoms with E-state index in [2.05, 4.69) is 11.1 Å². The fourth-order valence-corrected chi connectivity index (χ4v) is 4.67. The van der Waals surface area contributed by atoms with E-state index in [4.69, 9.17) is 11.6 Å². The number of allylic oxidation sites excluding steroid dienone is 1. The average molecular weight is 362 g/mol. The van der Waals surface area contributed by atoms with Gasteiger partial charge in [-0.1, -0.05) is 41.4 Å². The number of hydrogen-bond donors (Lipinski definition) is 1. The Bertz CT molecular complexity index is 1140. The SMILES string of the molecule is Cc1ccc2[nH]c3c(c2c1)C1C(=O)CC(=O)C1C(c1ccccc1Cl)=C3. The summed E-state index contributed by atoms with van der Waals surface area (Å²) in [5.74, 6) is -0.890. The molecule has 1 fully saturated rings. The lowest BCUT2D eigenvalue weighted by Gasteiger charge is -2.26. The largest absolute Gasteiger partial charge is 0.355 e. The van der Waals surface area contributed by atoms with E-state index in [1.807, 2.05) is 49.4 Å². The van der Waals surface area contributed by atoms with Gasteiger partial charge in [-0.25, -0.2) is 0 Å². The van der Waals surface area contributed by atoms with Gasteiger partial charge in [-0.15, -0.1) is 0 Å². The van der Waals surface area contributed by atoms with E-state index in [0.29, 0.717) is 5.02 Å². The van der Waals surface area contributed by atoms with E-state index in [-0.39, 0.29) is 18.0 Å². The molecular weight excluding hydrogens is 346 g/mol. The fraction of sp³-hybridized carbons (Fsp3) is 0.182. The van der Waals surface area contributed by atoms with Gasteiger partial charge in [0.2, 0.25) is 0 Å². The first kappa shape index (κ1) is 15.6. The Morgan fingerprint density at radius 1 is 1.04 bits per heavy atom. The first-order valence-electron chi connectivity index (χ1n) is 8.69. The second-order valence-corrected chi connectivity index (χ2v) is 7.55. The van der Waals surface area contributed by atoms with E-state index in [1.165, 1.54) is 0 Å². The van der Waals surface area contributed by atoms with Crippen LogP contribution >= 0.6 is 11.6 Å². The molecule has 3 aromatic rings. The highest BCUT2D eigenvalue weighted by atomic mass is 35.5. The van der Waals surface area contributed by atoms with E-state index in [1.54, 1.807) is 0 Å². The Labute approximate surface area is 155 Å². The van der Waals surface area contributed by atoms with Crippen molar-refractivity contribution in [3.63, 3.8) is 0 Å². The third-order valence-electron chi connectivity index (χ3n) is 5.53. The molecule has 0 aliphatic heterocycles. The number of Topliss-reactive ketones (excluding diaryl/α,β-unsaturated/α-hetero) is 2. The van der Waals surface area contributed by atoms with Gasteiger partial charge in [-0.05, 0) is 47.9 Å². The number of aromatic nitrogens is 1. The minimum Gasteiger partial charge on any atom is -0.355 e. The number of halogens is 1. The number of carbonyl (C=O) groups excluding carboxylic acids is 2. The molecule has 5 rings (SSSR count). The number of aryl methyl sites for hydroxylation is 1. The monoisotopic (exact) mass is 361 g/mol. The lowest BCUT2D eigenvalue weighted by atomic mass is 9.75. The van der Waals surface area contributed by atoms with Crippen LogP contribution in [-0.4, -0.2) is 16.6 Å². The first-order valence-corrected chi connectivity index (χ1v) is 9.06. The molecule has 128 valence electrons. The molecule has 1 saturated carbocycles. The van der Waals surface area contributed by atoms with Crippen LogP contribution in [0.1, 0.15) is 34.7 Å². The Morgan fingerprint density at radius 2 is 1.81 bits per heavy atom. The molecule has 0 radical (unpaired) electrons. The Hall–Kier alpha value is -2.65. The highest BCUT2D eigenvalue weighted by Crippen LogP contribution is 2.51. The van der Waals surface area contributed by atoms with Crippen LogP contribution in [0, 0.1) is 12.8 Å². The minimum atomic E-state index is -0.450. The van der Waals surface area contributed by atoms with Crippen LogP contribution in [0.4, 0.5) is 0 Å². The van der Waals surface area contributed by atoms with Crippen molar-refractivity contribution in [3.8, 4) is 0 Å². The number of benzene rings is 2. The molecule has 4 heteroatoms. The summed E-state index contributed by atoms with van der Waals surface area (Å²) < 4.78 is 0. The summed E-state index contributed by atoms with van der Waals surface area (Å²) in [6, 6.07) is 13.7. The first-order chi connectivity index (χ1) is 12.5. The second kappa shape index (κ2) is 5.42. The van der Waals surface area contributed by atoms with Gasteiger partial charge in [0, 0.05) is 21.6 Å². The molecule has 0 saturated heterocycles. The highest BCUT2D eigenvalue weighted by molar-refractivity contribution is 6.33. The van der Waals surface area contributed by atoms with Crippen LogP contribution in [0.5, 0.6) is 0 Å². The zero-order chi connectivity index (χ0) is 18.0. The maximum absolute atomic E-state index is 12.8. The van der Waals surface area contributed by atoms with Crippen molar-refractivity contribution in [2.75, 3.05) is 0 Å². The summed E-state index contributed by atoms with van der Waals surface area (Å²) in [5.41, 5.74) is 5.65. The number of nitrogens with one attached hydrogen (secondary N) is 1. The van der Waals surface area contributed by atoms with E-state index >= 15 is 0 Å². The summed E-state index contributed by atoms with van der Waals surface area (Å²) in [6.45, 7) is 2.03. The molecule has 0 spiro atoms. The predicted molar refractivity (Wildman–Crippen MR) is 103 cm³/mol. The maximum Gasteiger partial charge on any atom is 0.148 e. The summed E-state index contributed by atoms with van der Waals surface area (Å²) in [4.78, 5) is 28.9. The van der Waals surface area contributed by atoms with Crippen LogP contribution in [0.3, 0.4) is 0 Å². The van der Waals surface area contributed by atoms with E-state index < -0.39 is 11.8 Å². The third-order valence-corrected chi connectivity index (χ3v) is 5.86. The van der Waals surface area contributed by atoms with Crippen molar-refractivity contribution in [3.05, 3.63) is 69.9 Å². The van der Waals surface area contributed by atoms with Crippen LogP contribution in [0.2, 0.25) is 5.02 Å². The smallest absolute Gasteiger partial charge is 0.148 e. The molecule has 2 aliphatic carbocycles. The highest BCUT2D eigenvalue weighted by Gasteiger charge is 2.48. The van der Waals surface area contributed by atoms with Crippen molar-refractivity contribution in [2.45, 2.75) is 19.3 Å². The number of aromatic amines is 1. The summed E-state index contributed by atoms with van der Waals surface area (Å²) in [7, 11) is 0. The van der Waals surface area contributed by atoms with Crippen LogP contribution in [0.25, 0.3) is 22.6 Å². The standard InChI is InChI=1S/C22H16ClNO2/c1-11-6-7-16-14(8-11)20-17(24-16)9-13(12-4-2-3-5-15(12)23)21-18(25)10-19(26)22(20)21/h2-9,21-22,24H,10H2,1H3. The fourth-order valence-electron chi connectivity index (χ4n) is 4.43. The van der Waals surface area contributed by atoms with Crippen molar-refractivity contribution in [1.29, 1.82) is 0 Å². The molecule has 1 N–H and O–H groups in total. The maximum atomic E-state index is 12.8. The van der Waals surface area contributed by atoms with Crippen molar-refractivity contribution >= 4 is 45.7 Å². The summed E-state index contributed by atoms with van der Waals surface area (Å²) in [5, 5.41) is 1.63. The molecule has 26 heavy (non-hydrogen) atoms. The molecule has 2 unspecified atom stereocenters. The minimum absolute atomic E-state index is 0.00121. The quantitative estimate of drug-likeness (QED) is 0.625. The lowest BCUT2D eigenvalue weighted by Crippen LogP contribution is -2.21. The van der Waals surface area contributed by atoms with Crippen LogP contribution in [0.15, 0.2) is 42.5 Å². The van der Waals surface area contributed by atoms with Crippen molar-refractivity contribution < 1.29 is 9.59 Å². The van der Waals surface area contributed by atoms with Gasteiger partial charge in [0.1, 0.15) is 11.6 Å². The molecule has 0 amide bonds. The van der Waals surface area contributed by atoms with Crippen LogP contribution in [-0.2, 0) is 9.59 Å². The van der Waals surface area contributed by atoms with E-state index in [9.17, 15) is 9.59 Å². The molecule has 0 bridgehead atoms. The number of rotatable bonds is 1. The average Bonchev–Trinajstić information content (AvgIpc) is 3.11. The number of carbonyl (C=O) groups is 2. The number of fused-ring (bicyclic) bond motifs is 5. The topological polar surface area (TPSA) is 49.9 Å². The molecular formula is C22H16ClNO2. The number of hydrogen-bond acceptors (Lipinski definition) is 2. The molecule has 2 aliphatic rings. The molecule has 2 atom stereocenters. The molecule has 1 aromatic heterocycles. The second-order valence-electron chi connectivity index (χ2n) is 7.15. The van der Waals surface area contributed by atoms with Gasteiger partial charge in [0.05, 0.1) is 18.3 Å². The van der Waals surface area contributed by atoms with Gasteiger partial charge in [0.25, 0.3) is 0 Å². The number of ketones is 2. The van der Waals surface area contributed by atoms with Gasteiger partial charge in [0.15, 0.2) is 0 Å². The van der Waals surface area contributed by atoms with Crippen molar-refractivity contribution in [1.82, 2.24) is 4.98 Å². The normalized spacial score (nSPS) is 21.7. The molecule has 2 aromatic carbocycles. The van der Waals surface area contributed by atoms with Gasteiger partial charge in [-0.3, -0.25) is 9.59 Å². The Kier molecular flexibility index (Phi) is 3.25. The summed E-state index contributed by atoms with van der Waals surface area (Å²) in [6.07, 6.45) is 2.00. The van der Waals surface area contributed by atoms with Crippen LogP contribution < -0.4 is 0 Å². The lowest BCUT2D eigenvalue weighted by molar-refractivity contribution is -0.122. The Morgan fingerprint density at radius 3 is 2.62 bits per heavy atom. The van der Waals surface area contributed by atoms with Gasteiger partial charge in [-0.2, -0.15) is 0 Å². The predicted octanol–water partition coefficient (Wildman–Crippen LogP) is 4.93.